The molecule has 1 aromatic carbocycles. The first kappa shape index (κ1) is 13.3. The van der Waals surface area contributed by atoms with Crippen molar-refractivity contribution in [1.82, 2.24) is 9.97 Å². The van der Waals surface area contributed by atoms with Gasteiger partial charge in [0, 0.05) is 12.5 Å². The van der Waals surface area contributed by atoms with Crippen molar-refractivity contribution in [2.45, 2.75) is 27.2 Å². The fourth-order valence-corrected chi connectivity index (χ4v) is 1.70. The standard InChI is InChI=1S/C14H18N4O/c1-4-12-16-13(18-15)8-14(17-12)19-11-7-5-6-9(2)10(11)3/h5-8H,4,15H2,1-3H3,(H,16,17,18). The van der Waals surface area contributed by atoms with Gasteiger partial charge in [0.05, 0.1) is 0 Å². The first-order chi connectivity index (χ1) is 9.13. The molecule has 0 aliphatic rings. The molecule has 5 nitrogen and oxygen atoms in total. The summed E-state index contributed by atoms with van der Waals surface area (Å²) in [4.78, 5) is 8.56. The van der Waals surface area contributed by atoms with Crippen molar-refractivity contribution < 1.29 is 4.74 Å². The van der Waals surface area contributed by atoms with Gasteiger partial charge in [0.15, 0.2) is 0 Å². The molecule has 1 heterocycles. The molecule has 0 radical (unpaired) electrons. The number of anilines is 1. The molecule has 0 aliphatic carbocycles. The Morgan fingerprint density at radius 3 is 2.74 bits per heavy atom. The van der Waals surface area contributed by atoms with Crippen molar-refractivity contribution in [3.05, 3.63) is 41.2 Å². The molecule has 0 amide bonds. The van der Waals surface area contributed by atoms with Gasteiger partial charge in [0.1, 0.15) is 17.4 Å². The lowest BCUT2D eigenvalue weighted by atomic mass is 10.1. The molecule has 100 valence electrons. The SMILES string of the molecule is CCc1nc(NN)cc(Oc2cccc(C)c2C)n1. The Balaban J connectivity index is 2.34. The number of hydrazine groups is 1. The highest BCUT2D eigenvalue weighted by Gasteiger charge is 2.07. The van der Waals surface area contributed by atoms with E-state index >= 15 is 0 Å². The third-order valence-electron chi connectivity index (χ3n) is 2.98. The lowest BCUT2D eigenvalue weighted by Gasteiger charge is -2.11. The van der Waals surface area contributed by atoms with Gasteiger partial charge in [-0.1, -0.05) is 19.1 Å². The van der Waals surface area contributed by atoms with E-state index in [4.69, 9.17) is 10.6 Å². The van der Waals surface area contributed by atoms with Crippen LogP contribution in [0.1, 0.15) is 23.9 Å². The zero-order chi connectivity index (χ0) is 13.8. The van der Waals surface area contributed by atoms with Crippen molar-refractivity contribution in [2.75, 3.05) is 5.43 Å². The van der Waals surface area contributed by atoms with Crippen LogP contribution < -0.4 is 16.0 Å². The molecule has 0 bridgehead atoms. The zero-order valence-electron chi connectivity index (χ0n) is 11.4. The highest BCUT2D eigenvalue weighted by molar-refractivity contribution is 5.43. The molecule has 19 heavy (non-hydrogen) atoms. The van der Waals surface area contributed by atoms with Gasteiger partial charge in [-0.2, -0.15) is 4.98 Å². The van der Waals surface area contributed by atoms with E-state index in [-0.39, 0.29) is 0 Å². The van der Waals surface area contributed by atoms with E-state index in [1.54, 1.807) is 6.07 Å². The van der Waals surface area contributed by atoms with Crippen LogP contribution in [0.15, 0.2) is 24.3 Å². The van der Waals surface area contributed by atoms with Crippen LogP contribution in [-0.2, 0) is 6.42 Å². The third kappa shape index (κ3) is 3.00. The van der Waals surface area contributed by atoms with Gasteiger partial charge in [-0.15, -0.1) is 0 Å². The first-order valence-corrected chi connectivity index (χ1v) is 6.22. The minimum atomic E-state index is 0.494. The van der Waals surface area contributed by atoms with E-state index in [2.05, 4.69) is 15.4 Å². The quantitative estimate of drug-likeness (QED) is 0.651. The summed E-state index contributed by atoms with van der Waals surface area (Å²) < 4.78 is 5.83. The number of hydrogen-bond acceptors (Lipinski definition) is 5. The normalized spacial score (nSPS) is 10.3. The number of benzene rings is 1. The second-order valence-corrected chi connectivity index (χ2v) is 4.31. The van der Waals surface area contributed by atoms with Crippen molar-refractivity contribution in [2.24, 2.45) is 5.84 Å². The molecule has 5 heteroatoms. The molecular weight excluding hydrogens is 240 g/mol. The van der Waals surface area contributed by atoms with Crippen molar-refractivity contribution in [1.29, 1.82) is 0 Å². The molecule has 2 rings (SSSR count). The van der Waals surface area contributed by atoms with E-state index in [1.165, 1.54) is 5.56 Å². The Labute approximate surface area is 112 Å². The number of aryl methyl sites for hydroxylation is 2. The van der Waals surface area contributed by atoms with Crippen molar-refractivity contribution in [3.8, 4) is 11.6 Å². The van der Waals surface area contributed by atoms with Gasteiger partial charge < -0.3 is 10.2 Å². The number of aromatic nitrogens is 2. The summed E-state index contributed by atoms with van der Waals surface area (Å²) >= 11 is 0. The van der Waals surface area contributed by atoms with Gasteiger partial charge >= 0.3 is 0 Å². The average Bonchev–Trinajstić information content (AvgIpc) is 2.43. The first-order valence-electron chi connectivity index (χ1n) is 6.22. The lowest BCUT2D eigenvalue weighted by Crippen LogP contribution is -2.10. The average molecular weight is 258 g/mol. The van der Waals surface area contributed by atoms with E-state index in [0.717, 1.165) is 17.7 Å². The summed E-state index contributed by atoms with van der Waals surface area (Å²) in [6, 6.07) is 7.61. The molecular formula is C14H18N4O. The number of hydrogen-bond donors (Lipinski definition) is 2. The summed E-state index contributed by atoms with van der Waals surface area (Å²) in [7, 11) is 0. The zero-order valence-corrected chi connectivity index (χ0v) is 11.4. The highest BCUT2D eigenvalue weighted by atomic mass is 16.5. The summed E-state index contributed by atoms with van der Waals surface area (Å²) in [5.41, 5.74) is 4.80. The third-order valence-corrected chi connectivity index (χ3v) is 2.98. The molecule has 0 saturated carbocycles. The molecule has 0 fully saturated rings. The van der Waals surface area contributed by atoms with Crippen LogP contribution in [0.4, 0.5) is 5.82 Å². The van der Waals surface area contributed by atoms with Crippen LogP contribution in [0.25, 0.3) is 0 Å². The minimum Gasteiger partial charge on any atom is -0.439 e. The summed E-state index contributed by atoms with van der Waals surface area (Å²) in [5, 5.41) is 0. The summed E-state index contributed by atoms with van der Waals surface area (Å²) in [6.07, 6.45) is 0.721. The molecule has 0 aliphatic heterocycles. The van der Waals surface area contributed by atoms with Gasteiger partial charge in [-0.25, -0.2) is 10.8 Å². The topological polar surface area (TPSA) is 73.1 Å². The van der Waals surface area contributed by atoms with E-state index in [0.29, 0.717) is 17.5 Å². The number of rotatable bonds is 4. The largest absolute Gasteiger partial charge is 0.439 e. The molecule has 2 aromatic rings. The van der Waals surface area contributed by atoms with Crippen LogP contribution in [0.2, 0.25) is 0 Å². The lowest BCUT2D eigenvalue weighted by molar-refractivity contribution is 0.455. The maximum atomic E-state index is 5.83. The Morgan fingerprint density at radius 1 is 1.26 bits per heavy atom. The molecule has 3 N–H and O–H groups in total. The Hall–Kier alpha value is -2.14. The van der Waals surface area contributed by atoms with Crippen molar-refractivity contribution >= 4 is 5.82 Å². The second-order valence-electron chi connectivity index (χ2n) is 4.31. The minimum absolute atomic E-state index is 0.494. The van der Waals surface area contributed by atoms with Gasteiger partial charge in [-0.05, 0) is 31.0 Å². The van der Waals surface area contributed by atoms with Crippen LogP contribution in [-0.4, -0.2) is 9.97 Å². The fourth-order valence-electron chi connectivity index (χ4n) is 1.70. The smallest absolute Gasteiger partial charge is 0.224 e. The molecule has 0 saturated heterocycles. The summed E-state index contributed by atoms with van der Waals surface area (Å²) in [5.74, 6) is 7.92. The highest BCUT2D eigenvalue weighted by Crippen LogP contribution is 2.26. The van der Waals surface area contributed by atoms with E-state index < -0.39 is 0 Å². The predicted octanol–water partition coefficient (Wildman–Crippen LogP) is 2.73. The van der Waals surface area contributed by atoms with Gasteiger partial charge in [-0.3, -0.25) is 0 Å². The number of nitrogens with zero attached hydrogens (tertiary/aromatic N) is 2. The number of ether oxygens (including phenoxy) is 1. The van der Waals surface area contributed by atoms with E-state index in [9.17, 15) is 0 Å². The van der Waals surface area contributed by atoms with Crippen LogP contribution in [0.5, 0.6) is 11.6 Å². The molecule has 0 spiro atoms. The molecule has 0 unspecified atom stereocenters. The van der Waals surface area contributed by atoms with Crippen LogP contribution in [0.3, 0.4) is 0 Å². The second kappa shape index (κ2) is 5.67. The predicted molar refractivity (Wildman–Crippen MR) is 75.2 cm³/mol. The van der Waals surface area contributed by atoms with E-state index in [1.807, 2.05) is 39.0 Å². The number of nitrogen functional groups attached to an aromatic ring is 1. The maximum absolute atomic E-state index is 5.83. The van der Waals surface area contributed by atoms with Crippen LogP contribution >= 0.6 is 0 Å². The Bertz CT molecular complexity index is 561. The summed E-state index contributed by atoms with van der Waals surface area (Å²) in [6.45, 7) is 6.05. The number of nitrogens with two attached hydrogens (primary N) is 1. The maximum Gasteiger partial charge on any atom is 0.224 e. The van der Waals surface area contributed by atoms with Gasteiger partial charge in [0.2, 0.25) is 5.88 Å². The Kier molecular flexibility index (Phi) is 3.97. The Morgan fingerprint density at radius 2 is 2.05 bits per heavy atom. The van der Waals surface area contributed by atoms with Gasteiger partial charge in [0.25, 0.3) is 0 Å². The molecule has 1 aromatic heterocycles. The fraction of sp³-hybridized carbons (Fsp3) is 0.286. The monoisotopic (exact) mass is 258 g/mol. The van der Waals surface area contributed by atoms with Crippen molar-refractivity contribution in [3.63, 3.8) is 0 Å². The molecule has 0 atom stereocenters. The van der Waals surface area contributed by atoms with Crippen LogP contribution in [0, 0.1) is 13.8 Å². The number of nitrogens with one attached hydrogen (secondary N) is 1.